The van der Waals surface area contributed by atoms with Crippen molar-refractivity contribution in [1.82, 2.24) is 0 Å². The first-order chi connectivity index (χ1) is 5.69. The molecule has 0 aliphatic carbocycles. The van der Waals surface area contributed by atoms with E-state index in [4.69, 9.17) is 9.84 Å². The van der Waals surface area contributed by atoms with Gasteiger partial charge in [0.05, 0.1) is 24.9 Å². The average molecular weight is 176 g/mol. The van der Waals surface area contributed by atoms with E-state index in [0.717, 1.165) is 0 Å². The molecule has 0 bridgehead atoms. The highest BCUT2D eigenvalue weighted by Crippen LogP contribution is 2.21. The van der Waals surface area contributed by atoms with Crippen LogP contribution in [-0.4, -0.2) is 46.3 Å². The van der Waals surface area contributed by atoms with E-state index >= 15 is 0 Å². The smallest absolute Gasteiger partial charge is 0.106 e. The van der Waals surface area contributed by atoms with Crippen LogP contribution in [0.1, 0.15) is 19.8 Å². The maximum Gasteiger partial charge on any atom is 0.106 e. The third-order valence-corrected chi connectivity index (χ3v) is 2.25. The molecule has 1 heterocycles. The van der Waals surface area contributed by atoms with E-state index in [-0.39, 0.29) is 18.8 Å². The van der Waals surface area contributed by atoms with Crippen LogP contribution >= 0.6 is 0 Å². The number of rotatable bonds is 2. The molecule has 72 valence electrons. The summed E-state index contributed by atoms with van der Waals surface area (Å²) in [5, 5.41) is 27.5. The van der Waals surface area contributed by atoms with Crippen molar-refractivity contribution in [3.63, 3.8) is 0 Å². The Morgan fingerprint density at radius 1 is 1.42 bits per heavy atom. The van der Waals surface area contributed by atoms with Crippen LogP contribution in [-0.2, 0) is 4.74 Å². The SMILES string of the molecule is CC[C@@H]1OC(CO)CC(O)C1O. The molecule has 1 aliphatic rings. The van der Waals surface area contributed by atoms with E-state index in [1.54, 1.807) is 0 Å². The highest BCUT2D eigenvalue weighted by atomic mass is 16.5. The van der Waals surface area contributed by atoms with Crippen molar-refractivity contribution in [3.05, 3.63) is 0 Å². The predicted molar refractivity (Wildman–Crippen MR) is 42.7 cm³/mol. The van der Waals surface area contributed by atoms with Gasteiger partial charge in [-0.05, 0) is 6.42 Å². The maximum absolute atomic E-state index is 9.39. The zero-order chi connectivity index (χ0) is 9.14. The van der Waals surface area contributed by atoms with Gasteiger partial charge in [0.1, 0.15) is 6.10 Å². The summed E-state index contributed by atoms with van der Waals surface area (Å²) in [5.74, 6) is 0. The molecule has 1 aliphatic heterocycles. The van der Waals surface area contributed by atoms with Crippen molar-refractivity contribution in [3.8, 4) is 0 Å². The molecule has 0 saturated carbocycles. The number of hydrogen-bond donors (Lipinski definition) is 3. The molecule has 4 heteroatoms. The average Bonchev–Trinajstić information content (AvgIpc) is 2.09. The second-order valence-electron chi connectivity index (χ2n) is 3.18. The Morgan fingerprint density at radius 2 is 2.08 bits per heavy atom. The van der Waals surface area contributed by atoms with Gasteiger partial charge in [-0.15, -0.1) is 0 Å². The van der Waals surface area contributed by atoms with Crippen molar-refractivity contribution in [1.29, 1.82) is 0 Å². The van der Waals surface area contributed by atoms with Crippen molar-refractivity contribution in [2.45, 2.75) is 44.2 Å². The fraction of sp³-hybridized carbons (Fsp3) is 1.00. The van der Waals surface area contributed by atoms with Crippen LogP contribution in [0.2, 0.25) is 0 Å². The minimum absolute atomic E-state index is 0.0969. The van der Waals surface area contributed by atoms with Crippen molar-refractivity contribution >= 4 is 0 Å². The first-order valence-corrected chi connectivity index (χ1v) is 4.31. The summed E-state index contributed by atoms with van der Waals surface area (Å²) in [6.45, 7) is 1.78. The van der Waals surface area contributed by atoms with Crippen LogP contribution in [0.4, 0.5) is 0 Å². The van der Waals surface area contributed by atoms with Gasteiger partial charge in [0.15, 0.2) is 0 Å². The molecule has 4 nitrogen and oxygen atoms in total. The summed E-state index contributed by atoms with van der Waals surface area (Å²) in [7, 11) is 0. The Hall–Kier alpha value is -0.160. The predicted octanol–water partition coefficient (Wildman–Crippen LogP) is -0.732. The molecule has 0 amide bonds. The molecule has 0 aromatic rings. The lowest BCUT2D eigenvalue weighted by molar-refractivity contribution is -0.177. The van der Waals surface area contributed by atoms with E-state index in [2.05, 4.69) is 0 Å². The highest BCUT2D eigenvalue weighted by molar-refractivity contribution is 4.84. The first-order valence-electron chi connectivity index (χ1n) is 4.31. The van der Waals surface area contributed by atoms with Gasteiger partial charge in [-0.3, -0.25) is 0 Å². The second-order valence-corrected chi connectivity index (χ2v) is 3.18. The molecule has 0 aromatic heterocycles. The van der Waals surface area contributed by atoms with E-state index in [0.29, 0.717) is 12.8 Å². The van der Waals surface area contributed by atoms with E-state index in [1.807, 2.05) is 6.92 Å². The Morgan fingerprint density at radius 3 is 2.58 bits per heavy atom. The first kappa shape index (κ1) is 9.92. The van der Waals surface area contributed by atoms with Crippen LogP contribution in [0.3, 0.4) is 0 Å². The Labute approximate surface area is 71.8 Å². The van der Waals surface area contributed by atoms with Gasteiger partial charge in [0.2, 0.25) is 0 Å². The molecule has 0 aromatic carbocycles. The summed E-state index contributed by atoms with van der Waals surface area (Å²) >= 11 is 0. The van der Waals surface area contributed by atoms with Crippen LogP contribution in [0.15, 0.2) is 0 Å². The lowest BCUT2D eigenvalue weighted by Crippen LogP contribution is -2.48. The molecule has 0 spiro atoms. The van der Waals surface area contributed by atoms with E-state index in [9.17, 15) is 10.2 Å². The molecular weight excluding hydrogens is 160 g/mol. The summed E-state index contributed by atoms with van der Waals surface area (Å²) in [5.41, 5.74) is 0. The Kier molecular flexibility index (Phi) is 3.46. The topological polar surface area (TPSA) is 69.9 Å². The number of aliphatic hydroxyl groups excluding tert-OH is 3. The Bertz CT molecular complexity index is 139. The van der Waals surface area contributed by atoms with Crippen molar-refractivity contribution in [2.75, 3.05) is 6.61 Å². The second kappa shape index (κ2) is 4.18. The lowest BCUT2D eigenvalue weighted by Gasteiger charge is -2.36. The summed E-state index contributed by atoms with van der Waals surface area (Å²) in [4.78, 5) is 0. The van der Waals surface area contributed by atoms with Gasteiger partial charge in [-0.2, -0.15) is 0 Å². The van der Waals surface area contributed by atoms with Crippen LogP contribution in [0, 0.1) is 0 Å². The molecule has 3 N–H and O–H groups in total. The molecule has 4 atom stereocenters. The van der Waals surface area contributed by atoms with Crippen LogP contribution in [0.5, 0.6) is 0 Å². The summed E-state index contributed by atoms with van der Waals surface area (Å²) in [6, 6.07) is 0. The quantitative estimate of drug-likeness (QED) is 0.518. The van der Waals surface area contributed by atoms with Crippen LogP contribution in [0.25, 0.3) is 0 Å². The van der Waals surface area contributed by atoms with E-state index < -0.39 is 12.2 Å². The number of ether oxygens (including phenoxy) is 1. The zero-order valence-corrected chi connectivity index (χ0v) is 7.18. The van der Waals surface area contributed by atoms with Gasteiger partial charge in [0, 0.05) is 6.42 Å². The largest absolute Gasteiger partial charge is 0.394 e. The fourth-order valence-electron chi connectivity index (χ4n) is 1.50. The summed E-state index contributed by atoms with van der Waals surface area (Å²) in [6.07, 6.45) is -1.28. The highest BCUT2D eigenvalue weighted by Gasteiger charge is 2.34. The zero-order valence-electron chi connectivity index (χ0n) is 7.18. The van der Waals surface area contributed by atoms with Gasteiger partial charge >= 0.3 is 0 Å². The maximum atomic E-state index is 9.39. The third-order valence-electron chi connectivity index (χ3n) is 2.25. The van der Waals surface area contributed by atoms with Crippen LogP contribution < -0.4 is 0 Å². The molecule has 12 heavy (non-hydrogen) atoms. The molecule has 1 rings (SSSR count). The van der Waals surface area contributed by atoms with Crippen molar-refractivity contribution < 1.29 is 20.1 Å². The number of hydrogen-bond acceptors (Lipinski definition) is 4. The molecular formula is C8H16O4. The fourth-order valence-corrected chi connectivity index (χ4v) is 1.50. The molecule has 1 fully saturated rings. The van der Waals surface area contributed by atoms with E-state index in [1.165, 1.54) is 0 Å². The normalized spacial score (nSPS) is 43.0. The van der Waals surface area contributed by atoms with Gasteiger partial charge in [-0.1, -0.05) is 6.92 Å². The van der Waals surface area contributed by atoms with Gasteiger partial charge < -0.3 is 20.1 Å². The Balaban J connectivity index is 2.52. The summed E-state index contributed by atoms with van der Waals surface area (Å²) < 4.78 is 5.31. The lowest BCUT2D eigenvalue weighted by atomic mass is 9.97. The van der Waals surface area contributed by atoms with Gasteiger partial charge in [-0.25, -0.2) is 0 Å². The number of aliphatic hydroxyl groups is 3. The minimum atomic E-state index is -0.808. The monoisotopic (exact) mass is 176 g/mol. The molecule has 0 radical (unpaired) electrons. The minimum Gasteiger partial charge on any atom is -0.394 e. The van der Waals surface area contributed by atoms with Gasteiger partial charge in [0.25, 0.3) is 0 Å². The molecule has 3 unspecified atom stereocenters. The molecule has 1 saturated heterocycles. The standard InChI is InChI=1S/C8H16O4/c1-2-7-8(11)6(10)3-5(4-9)12-7/h5-11H,2-4H2,1H3/t5?,6?,7-,8?/m0/s1. The third kappa shape index (κ3) is 1.95. The van der Waals surface area contributed by atoms with Crippen molar-refractivity contribution in [2.24, 2.45) is 0 Å².